The average molecular weight is 146 g/mol. The summed E-state index contributed by atoms with van der Waals surface area (Å²) in [6, 6.07) is 0. The molecule has 0 aliphatic heterocycles. The van der Waals surface area contributed by atoms with Gasteiger partial charge in [0.05, 0.1) is 0 Å². The second-order valence-corrected chi connectivity index (χ2v) is 4.07. The Morgan fingerprint density at radius 3 is 2.56 bits per heavy atom. The zero-order chi connectivity index (χ0) is 6.85. The number of hydrogen-bond donors (Lipinski definition) is 0. The summed E-state index contributed by atoms with van der Waals surface area (Å²) in [6.07, 6.45) is 3.69. The minimum absolute atomic E-state index is 0.164. The minimum Gasteiger partial charge on any atom is -0.300 e. The summed E-state index contributed by atoms with van der Waals surface area (Å²) in [5.41, 5.74) is 0. The van der Waals surface area contributed by atoms with Crippen molar-refractivity contribution in [2.75, 3.05) is 6.26 Å². The van der Waals surface area contributed by atoms with Crippen LogP contribution in [0.3, 0.4) is 0 Å². The highest BCUT2D eigenvalue weighted by molar-refractivity contribution is 7.84. The van der Waals surface area contributed by atoms with Crippen molar-refractivity contribution in [3.05, 3.63) is 0 Å². The molecule has 2 unspecified atom stereocenters. The van der Waals surface area contributed by atoms with Gasteiger partial charge in [-0.25, -0.2) is 0 Å². The van der Waals surface area contributed by atoms with Crippen LogP contribution in [0.5, 0.6) is 0 Å². The number of ketones is 1. The summed E-state index contributed by atoms with van der Waals surface area (Å²) in [5.74, 6) is 0.273. The van der Waals surface area contributed by atoms with Crippen LogP contribution in [0, 0.1) is 0 Å². The normalized spacial score (nSPS) is 30.8. The Morgan fingerprint density at radius 1 is 1.67 bits per heavy atom. The van der Waals surface area contributed by atoms with Crippen LogP contribution in [0.25, 0.3) is 0 Å². The average Bonchev–Trinajstić information content (AvgIpc) is 2.14. The molecule has 1 aliphatic carbocycles. The van der Waals surface area contributed by atoms with Crippen LogP contribution < -0.4 is 0 Å². The lowest BCUT2D eigenvalue weighted by Crippen LogP contribution is -2.08. The Labute approximate surface area is 57.1 Å². The van der Waals surface area contributed by atoms with E-state index in [2.05, 4.69) is 0 Å². The van der Waals surface area contributed by atoms with Gasteiger partial charge in [-0.3, -0.25) is 9.00 Å². The van der Waals surface area contributed by atoms with Crippen LogP contribution >= 0.6 is 0 Å². The maximum absolute atomic E-state index is 10.8. The van der Waals surface area contributed by atoms with Crippen LogP contribution in [-0.2, 0) is 15.6 Å². The van der Waals surface area contributed by atoms with Gasteiger partial charge in [0.15, 0.2) is 0 Å². The maximum Gasteiger partial charge on any atom is 0.134 e. The topological polar surface area (TPSA) is 34.1 Å². The number of hydrogen-bond acceptors (Lipinski definition) is 2. The maximum atomic E-state index is 10.8. The molecule has 0 radical (unpaired) electrons. The van der Waals surface area contributed by atoms with Crippen LogP contribution in [0.1, 0.15) is 19.3 Å². The van der Waals surface area contributed by atoms with Gasteiger partial charge in [0.2, 0.25) is 0 Å². The monoisotopic (exact) mass is 146 g/mol. The molecule has 1 fully saturated rings. The minimum atomic E-state index is -0.782. The Balaban J connectivity index is 2.48. The molecule has 1 aliphatic rings. The molecule has 0 heterocycles. The van der Waals surface area contributed by atoms with E-state index in [9.17, 15) is 9.00 Å². The van der Waals surface area contributed by atoms with E-state index in [4.69, 9.17) is 0 Å². The first-order valence-electron chi connectivity index (χ1n) is 3.04. The highest BCUT2D eigenvalue weighted by Gasteiger charge is 2.24. The van der Waals surface area contributed by atoms with E-state index < -0.39 is 10.8 Å². The van der Waals surface area contributed by atoms with Crippen molar-refractivity contribution in [1.82, 2.24) is 0 Å². The SMILES string of the molecule is CS(=O)C1CCC(=O)C1. The van der Waals surface area contributed by atoms with Crippen molar-refractivity contribution in [3.8, 4) is 0 Å². The van der Waals surface area contributed by atoms with Crippen molar-refractivity contribution < 1.29 is 9.00 Å². The number of carbonyl (C=O) groups excluding carboxylic acids is 1. The molecule has 0 amide bonds. The van der Waals surface area contributed by atoms with Gasteiger partial charge >= 0.3 is 0 Å². The molecule has 3 heteroatoms. The molecular formula is C6H10O2S. The Hall–Kier alpha value is -0.180. The smallest absolute Gasteiger partial charge is 0.134 e. The summed E-state index contributed by atoms with van der Waals surface area (Å²) in [7, 11) is -0.782. The molecule has 0 saturated heterocycles. The van der Waals surface area contributed by atoms with Crippen molar-refractivity contribution in [2.45, 2.75) is 24.5 Å². The van der Waals surface area contributed by atoms with E-state index in [1.807, 2.05) is 0 Å². The van der Waals surface area contributed by atoms with Gasteiger partial charge in [-0.1, -0.05) is 0 Å². The quantitative estimate of drug-likeness (QED) is 0.539. The lowest BCUT2D eigenvalue weighted by Gasteiger charge is -1.99. The van der Waals surface area contributed by atoms with Gasteiger partial charge in [-0.15, -0.1) is 0 Å². The predicted molar refractivity (Wildman–Crippen MR) is 36.7 cm³/mol. The van der Waals surface area contributed by atoms with E-state index in [0.717, 1.165) is 6.42 Å². The lowest BCUT2D eigenvalue weighted by molar-refractivity contribution is -0.117. The van der Waals surface area contributed by atoms with Gasteiger partial charge in [0, 0.05) is 35.1 Å². The summed E-state index contributed by atoms with van der Waals surface area (Å²) in [5, 5.41) is 0.164. The van der Waals surface area contributed by atoms with Gasteiger partial charge in [-0.05, 0) is 6.42 Å². The van der Waals surface area contributed by atoms with Crippen LogP contribution in [0.15, 0.2) is 0 Å². The van der Waals surface area contributed by atoms with Crippen molar-refractivity contribution in [3.63, 3.8) is 0 Å². The first-order chi connectivity index (χ1) is 4.20. The first kappa shape index (κ1) is 6.93. The molecule has 1 rings (SSSR count). The Kier molecular flexibility index (Phi) is 2.01. The van der Waals surface area contributed by atoms with Gasteiger partial charge < -0.3 is 0 Å². The third-order valence-corrected chi connectivity index (χ3v) is 3.01. The van der Waals surface area contributed by atoms with Gasteiger partial charge in [0.1, 0.15) is 5.78 Å². The molecular weight excluding hydrogens is 136 g/mol. The second-order valence-electron chi connectivity index (χ2n) is 2.40. The van der Waals surface area contributed by atoms with E-state index in [0.29, 0.717) is 12.8 Å². The molecule has 52 valence electrons. The highest BCUT2D eigenvalue weighted by atomic mass is 32.2. The van der Waals surface area contributed by atoms with E-state index in [1.165, 1.54) is 0 Å². The molecule has 0 spiro atoms. The molecule has 0 bridgehead atoms. The van der Waals surface area contributed by atoms with Crippen molar-refractivity contribution in [2.24, 2.45) is 0 Å². The fourth-order valence-electron chi connectivity index (χ4n) is 1.06. The fraction of sp³-hybridized carbons (Fsp3) is 0.833. The standard InChI is InChI=1S/C6H10O2S/c1-9(8)6-3-2-5(7)4-6/h6H,2-4H2,1H3. The number of carbonyl (C=O) groups is 1. The summed E-state index contributed by atoms with van der Waals surface area (Å²) < 4.78 is 10.8. The molecule has 0 aromatic heterocycles. The van der Waals surface area contributed by atoms with Gasteiger partial charge in [0.25, 0.3) is 0 Å². The molecule has 2 nitrogen and oxygen atoms in total. The molecule has 1 saturated carbocycles. The lowest BCUT2D eigenvalue weighted by atomic mass is 10.4. The highest BCUT2D eigenvalue weighted by Crippen LogP contribution is 2.18. The number of rotatable bonds is 1. The molecule has 2 atom stereocenters. The summed E-state index contributed by atoms with van der Waals surface area (Å²) in [6.45, 7) is 0. The van der Waals surface area contributed by atoms with Crippen LogP contribution in [0.4, 0.5) is 0 Å². The summed E-state index contributed by atoms with van der Waals surface area (Å²) in [4.78, 5) is 10.6. The largest absolute Gasteiger partial charge is 0.300 e. The second kappa shape index (κ2) is 2.60. The first-order valence-corrected chi connectivity index (χ1v) is 4.66. The van der Waals surface area contributed by atoms with E-state index in [-0.39, 0.29) is 11.0 Å². The van der Waals surface area contributed by atoms with Crippen molar-refractivity contribution in [1.29, 1.82) is 0 Å². The number of Topliss-reactive ketones (excluding diaryl/α,β-unsaturated/α-hetero) is 1. The third kappa shape index (κ3) is 1.61. The summed E-state index contributed by atoms with van der Waals surface area (Å²) >= 11 is 0. The van der Waals surface area contributed by atoms with Gasteiger partial charge in [-0.2, -0.15) is 0 Å². The molecule has 0 aromatic rings. The third-order valence-electron chi connectivity index (χ3n) is 1.67. The van der Waals surface area contributed by atoms with Crippen molar-refractivity contribution >= 4 is 16.6 Å². The van der Waals surface area contributed by atoms with E-state index >= 15 is 0 Å². The van der Waals surface area contributed by atoms with E-state index in [1.54, 1.807) is 6.26 Å². The predicted octanol–water partition coefficient (Wildman–Crippen LogP) is 0.487. The zero-order valence-corrected chi connectivity index (χ0v) is 6.24. The Bertz CT molecular complexity index is 153. The molecule has 0 N–H and O–H groups in total. The molecule has 0 aromatic carbocycles. The Morgan fingerprint density at radius 2 is 2.33 bits per heavy atom. The fourth-order valence-corrected chi connectivity index (χ4v) is 1.93. The zero-order valence-electron chi connectivity index (χ0n) is 5.42. The van der Waals surface area contributed by atoms with Crippen LogP contribution in [-0.4, -0.2) is 21.5 Å². The molecule has 9 heavy (non-hydrogen) atoms. The van der Waals surface area contributed by atoms with Crippen LogP contribution in [0.2, 0.25) is 0 Å².